The highest BCUT2D eigenvalue weighted by atomic mass is 16.7. The molecule has 2 aliphatic heterocycles. The summed E-state index contributed by atoms with van der Waals surface area (Å²) < 4.78 is 10.6. The zero-order chi connectivity index (χ0) is 14.1. The maximum Gasteiger partial charge on any atom is 0.325 e. The molecular formula is C15H19NO4. The molecule has 1 fully saturated rings. The third-order valence-corrected chi connectivity index (χ3v) is 4.00. The Bertz CT molecular complexity index is 517. The van der Waals surface area contributed by atoms with Crippen molar-refractivity contribution in [1.29, 1.82) is 0 Å². The molecule has 0 aromatic heterocycles. The summed E-state index contributed by atoms with van der Waals surface area (Å²) in [5.41, 5.74) is 0.760. The molecule has 0 spiro atoms. The minimum absolute atomic E-state index is 0.206. The Morgan fingerprint density at radius 3 is 2.95 bits per heavy atom. The van der Waals surface area contributed by atoms with E-state index in [1.807, 2.05) is 11.0 Å². The van der Waals surface area contributed by atoms with Crippen LogP contribution in [0.5, 0.6) is 11.5 Å². The Balaban J connectivity index is 1.88. The van der Waals surface area contributed by atoms with Gasteiger partial charge in [-0.05, 0) is 43.0 Å². The lowest BCUT2D eigenvalue weighted by molar-refractivity contribution is -0.144. The van der Waals surface area contributed by atoms with Gasteiger partial charge in [0, 0.05) is 6.54 Å². The molecule has 3 rings (SSSR count). The Morgan fingerprint density at radius 2 is 2.20 bits per heavy atom. The fraction of sp³-hybridized carbons (Fsp3) is 0.533. The number of hydrogen-bond acceptors (Lipinski definition) is 4. The van der Waals surface area contributed by atoms with Crippen molar-refractivity contribution in [2.45, 2.75) is 25.8 Å². The van der Waals surface area contributed by atoms with E-state index in [0.29, 0.717) is 17.4 Å². The van der Waals surface area contributed by atoms with E-state index in [-0.39, 0.29) is 6.79 Å². The van der Waals surface area contributed by atoms with Crippen LogP contribution in [-0.4, -0.2) is 35.9 Å². The minimum atomic E-state index is -0.807. The standard InChI is InChI=1S/C15H19NO4/c1-10-3-2-6-16(8-10)14(15(17)18)11-4-5-12-13(7-11)20-9-19-12/h4-5,7,10,14H,2-3,6,8-9H2,1H3,(H,17,18). The highest BCUT2D eigenvalue weighted by Gasteiger charge is 2.31. The number of carbonyl (C=O) groups is 1. The number of ether oxygens (including phenoxy) is 2. The highest BCUT2D eigenvalue weighted by Crippen LogP contribution is 2.36. The van der Waals surface area contributed by atoms with E-state index in [4.69, 9.17) is 9.47 Å². The third-order valence-electron chi connectivity index (χ3n) is 4.00. The number of fused-ring (bicyclic) bond motifs is 1. The van der Waals surface area contributed by atoms with Crippen molar-refractivity contribution in [3.05, 3.63) is 23.8 Å². The number of carboxylic acid groups (broad SMARTS) is 1. The van der Waals surface area contributed by atoms with E-state index in [1.165, 1.54) is 6.42 Å². The van der Waals surface area contributed by atoms with Gasteiger partial charge in [0.15, 0.2) is 11.5 Å². The van der Waals surface area contributed by atoms with E-state index < -0.39 is 12.0 Å². The van der Waals surface area contributed by atoms with Gasteiger partial charge in [0.2, 0.25) is 6.79 Å². The van der Waals surface area contributed by atoms with Crippen LogP contribution in [0.4, 0.5) is 0 Å². The summed E-state index contributed by atoms with van der Waals surface area (Å²) in [6.07, 6.45) is 2.22. The molecule has 2 aliphatic rings. The molecule has 1 aromatic rings. The highest BCUT2D eigenvalue weighted by molar-refractivity contribution is 5.76. The van der Waals surface area contributed by atoms with Crippen molar-refractivity contribution >= 4 is 5.97 Å². The topological polar surface area (TPSA) is 59.0 Å². The summed E-state index contributed by atoms with van der Waals surface area (Å²) in [4.78, 5) is 13.7. The average molecular weight is 277 g/mol. The Labute approximate surface area is 118 Å². The van der Waals surface area contributed by atoms with Crippen LogP contribution in [0.1, 0.15) is 31.4 Å². The molecule has 0 bridgehead atoms. The predicted molar refractivity (Wildman–Crippen MR) is 72.9 cm³/mol. The van der Waals surface area contributed by atoms with Crippen LogP contribution in [0.25, 0.3) is 0 Å². The van der Waals surface area contributed by atoms with Crippen molar-refractivity contribution < 1.29 is 19.4 Å². The molecule has 1 saturated heterocycles. The zero-order valence-corrected chi connectivity index (χ0v) is 11.5. The van der Waals surface area contributed by atoms with Crippen molar-refractivity contribution in [1.82, 2.24) is 4.90 Å². The van der Waals surface area contributed by atoms with Crippen LogP contribution < -0.4 is 9.47 Å². The first-order valence-electron chi connectivity index (χ1n) is 7.01. The van der Waals surface area contributed by atoms with Gasteiger partial charge in [-0.2, -0.15) is 0 Å². The number of hydrogen-bond donors (Lipinski definition) is 1. The van der Waals surface area contributed by atoms with Gasteiger partial charge in [-0.1, -0.05) is 13.0 Å². The molecule has 0 aliphatic carbocycles. The smallest absolute Gasteiger partial charge is 0.325 e. The minimum Gasteiger partial charge on any atom is -0.480 e. The number of benzene rings is 1. The lowest BCUT2D eigenvalue weighted by Crippen LogP contribution is -2.40. The van der Waals surface area contributed by atoms with E-state index in [9.17, 15) is 9.90 Å². The van der Waals surface area contributed by atoms with E-state index in [2.05, 4.69) is 6.92 Å². The van der Waals surface area contributed by atoms with Gasteiger partial charge in [-0.25, -0.2) is 0 Å². The molecule has 0 radical (unpaired) electrons. The van der Waals surface area contributed by atoms with Crippen LogP contribution in [0.3, 0.4) is 0 Å². The lowest BCUT2D eigenvalue weighted by atomic mass is 9.96. The molecule has 108 valence electrons. The molecule has 5 heteroatoms. The summed E-state index contributed by atoms with van der Waals surface area (Å²) in [6.45, 7) is 4.03. The molecule has 0 saturated carbocycles. The number of nitrogens with zero attached hydrogens (tertiary/aromatic N) is 1. The lowest BCUT2D eigenvalue weighted by Gasteiger charge is -2.35. The molecular weight excluding hydrogens is 258 g/mol. The van der Waals surface area contributed by atoms with Crippen molar-refractivity contribution in [3.8, 4) is 11.5 Å². The maximum atomic E-state index is 11.7. The van der Waals surface area contributed by atoms with Crippen LogP contribution >= 0.6 is 0 Å². The molecule has 5 nitrogen and oxygen atoms in total. The SMILES string of the molecule is CC1CCCN(C(C(=O)O)c2ccc3c(c2)OCO3)C1. The zero-order valence-electron chi connectivity index (χ0n) is 11.5. The van der Waals surface area contributed by atoms with Gasteiger partial charge in [0.25, 0.3) is 0 Å². The third kappa shape index (κ3) is 2.45. The molecule has 2 atom stereocenters. The quantitative estimate of drug-likeness (QED) is 0.918. The molecule has 1 aromatic carbocycles. The van der Waals surface area contributed by atoms with Gasteiger partial charge < -0.3 is 14.6 Å². The summed E-state index contributed by atoms with van der Waals surface area (Å²) >= 11 is 0. The molecule has 0 amide bonds. The van der Waals surface area contributed by atoms with Gasteiger partial charge in [-0.3, -0.25) is 9.69 Å². The van der Waals surface area contributed by atoms with Crippen LogP contribution in [0, 0.1) is 5.92 Å². The first kappa shape index (κ1) is 13.2. The number of rotatable bonds is 3. The Morgan fingerprint density at radius 1 is 1.40 bits per heavy atom. The molecule has 1 N–H and O–H groups in total. The monoisotopic (exact) mass is 277 g/mol. The largest absolute Gasteiger partial charge is 0.480 e. The fourth-order valence-corrected chi connectivity index (χ4v) is 3.05. The number of aliphatic carboxylic acids is 1. The number of carboxylic acids is 1. The van der Waals surface area contributed by atoms with Gasteiger partial charge in [0.05, 0.1) is 0 Å². The second-order valence-electron chi connectivity index (χ2n) is 5.60. The second-order valence-corrected chi connectivity index (χ2v) is 5.60. The van der Waals surface area contributed by atoms with E-state index in [1.54, 1.807) is 12.1 Å². The Kier molecular flexibility index (Phi) is 3.53. The van der Waals surface area contributed by atoms with Gasteiger partial charge in [0.1, 0.15) is 6.04 Å². The van der Waals surface area contributed by atoms with Crippen molar-refractivity contribution in [3.63, 3.8) is 0 Å². The first-order chi connectivity index (χ1) is 9.65. The molecule has 2 heterocycles. The second kappa shape index (κ2) is 5.32. The average Bonchev–Trinajstić information content (AvgIpc) is 2.86. The van der Waals surface area contributed by atoms with E-state index in [0.717, 1.165) is 25.1 Å². The summed E-state index contributed by atoms with van der Waals surface area (Å²) in [5.74, 6) is 1.06. The van der Waals surface area contributed by atoms with E-state index >= 15 is 0 Å². The van der Waals surface area contributed by atoms with Gasteiger partial charge in [-0.15, -0.1) is 0 Å². The van der Waals surface area contributed by atoms with Crippen LogP contribution in [-0.2, 0) is 4.79 Å². The van der Waals surface area contributed by atoms with Crippen molar-refractivity contribution in [2.24, 2.45) is 5.92 Å². The summed E-state index contributed by atoms with van der Waals surface area (Å²) in [7, 11) is 0. The molecule has 20 heavy (non-hydrogen) atoms. The number of piperidine rings is 1. The first-order valence-corrected chi connectivity index (χ1v) is 7.01. The Hall–Kier alpha value is -1.75. The normalized spacial score (nSPS) is 23.6. The number of likely N-dealkylation sites (tertiary alicyclic amines) is 1. The van der Waals surface area contributed by atoms with Crippen LogP contribution in [0.2, 0.25) is 0 Å². The predicted octanol–water partition coefficient (Wildman–Crippen LogP) is 2.27. The fourth-order valence-electron chi connectivity index (χ4n) is 3.05. The summed E-state index contributed by atoms with van der Waals surface area (Å²) in [5, 5.41) is 9.60. The maximum absolute atomic E-state index is 11.7. The van der Waals surface area contributed by atoms with Crippen LogP contribution in [0.15, 0.2) is 18.2 Å². The summed E-state index contributed by atoms with van der Waals surface area (Å²) in [6, 6.07) is 4.81. The molecule has 2 unspecified atom stereocenters. The van der Waals surface area contributed by atoms with Crippen molar-refractivity contribution in [2.75, 3.05) is 19.9 Å². The van der Waals surface area contributed by atoms with Gasteiger partial charge >= 0.3 is 5.97 Å².